The third kappa shape index (κ3) is 7.11. The highest BCUT2D eigenvalue weighted by Gasteiger charge is 2.44. The Morgan fingerprint density at radius 1 is 1.14 bits per heavy atom. The van der Waals surface area contributed by atoms with E-state index in [1.807, 2.05) is 6.92 Å². The molecule has 0 bridgehead atoms. The summed E-state index contributed by atoms with van der Waals surface area (Å²) in [5, 5.41) is 0.0535. The molecular formula is C27H39FN2O5SSi. The van der Waals surface area contributed by atoms with Gasteiger partial charge in [-0.3, -0.25) is 4.72 Å². The average molecular weight is 551 g/mol. The first-order valence-corrected chi connectivity index (χ1v) is 17.3. The fourth-order valence-corrected chi connectivity index (χ4v) is 5.82. The normalized spacial score (nSPS) is 19.9. The van der Waals surface area contributed by atoms with Crippen LogP contribution in [0.3, 0.4) is 0 Å². The maximum atomic E-state index is 13.7. The van der Waals surface area contributed by atoms with Crippen molar-refractivity contribution in [3.8, 4) is 0 Å². The Morgan fingerprint density at radius 3 is 2.24 bits per heavy atom. The summed E-state index contributed by atoms with van der Waals surface area (Å²) in [5.74, 6) is -0.345. The van der Waals surface area contributed by atoms with Crippen LogP contribution in [0, 0.1) is 5.82 Å². The second kappa shape index (κ2) is 10.7. The van der Waals surface area contributed by atoms with Gasteiger partial charge >= 0.3 is 6.09 Å². The predicted octanol–water partition coefficient (Wildman–Crippen LogP) is 6.41. The van der Waals surface area contributed by atoms with Crippen LogP contribution in [0.2, 0.25) is 18.1 Å². The summed E-state index contributed by atoms with van der Waals surface area (Å²) >= 11 is 0. The Bertz CT molecular complexity index is 1200. The zero-order valence-electron chi connectivity index (χ0n) is 22.8. The van der Waals surface area contributed by atoms with Gasteiger partial charge < -0.3 is 14.1 Å². The molecule has 3 rings (SSSR count). The molecule has 10 heteroatoms. The molecule has 1 heterocycles. The molecule has 2 atom stereocenters. The third-order valence-electron chi connectivity index (χ3n) is 7.58. The summed E-state index contributed by atoms with van der Waals surface area (Å²) < 4.78 is 51.6. The number of nitrogens with zero attached hydrogens (tertiary/aromatic N) is 1. The number of ether oxygens (including phenoxy) is 1. The summed E-state index contributed by atoms with van der Waals surface area (Å²) in [6.07, 6.45) is 1.65. The lowest BCUT2D eigenvalue weighted by Crippen LogP contribution is -2.50. The molecule has 204 valence electrons. The zero-order chi connectivity index (χ0) is 27.6. The number of rotatable bonds is 9. The van der Waals surface area contributed by atoms with E-state index in [1.54, 1.807) is 41.3 Å². The fraction of sp³-hybridized carbons (Fsp3) is 0.519. The molecule has 2 unspecified atom stereocenters. The maximum absolute atomic E-state index is 13.7. The molecular weight excluding hydrogens is 511 g/mol. The number of sulfonamides is 1. The van der Waals surface area contributed by atoms with Crippen LogP contribution in [-0.4, -0.2) is 47.1 Å². The second-order valence-corrected chi connectivity index (χ2v) is 17.9. The molecule has 1 aliphatic heterocycles. The van der Waals surface area contributed by atoms with Gasteiger partial charge in [0.05, 0.1) is 12.3 Å². The van der Waals surface area contributed by atoms with Gasteiger partial charge in [-0.05, 0) is 60.4 Å². The van der Waals surface area contributed by atoms with E-state index in [4.69, 9.17) is 9.16 Å². The molecule has 1 N–H and O–H groups in total. The monoisotopic (exact) mass is 550 g/mol. The number of hydrogen-bond acceptors (Lipinski definition) is 5. The van der Waals surface area contributed by atoms with Gasteiger partial charge in [-0.15, -0.1) is 0 Å². The summed E-state index contributed by atoms with van der Waals surface area (Å²) in [6.45, 7) is 13.7. The molecule has 2 aromatic rings. The van der Waals surface area contributed by atoms with Gasteiger partial charge in [0.2, 0.25) is 10.0 Å². The Morgan fingerprint density at radius 2 is 1.73 bits per heavy atom. The van der Waals surface area contributed by atoms with Gasteiger partial charge in [-0.1, -0.05) is 45.0 Å². The van der Waals surface area contributed by atoms with E-state index in [0.29, 0.717) is 31.7 Å². The van der Waals surface area contributed by atoms with Crippen molar-refractivity contribution >= 4 is 30.1 Å². The Labute approximate surface area is 221 Å². The maximum Gasteiger partial charge on any atom is 0.411 e. The highest BCUT2D eigenvalue weighted by atomic mass is 32.2. The molecule has 1 fully saturated rings. The number of halogens is 1. The van der Waals surface area contributed by atoms with Crippen LogP contribution in [0.5, 0.6) is 0 Å². The molecule has 1 aliphatic rings. The average Bonchev–Trinajstić information content (AvgIpc) is 2.78. The van der Waals surface area contributed by atoms with Crippen LogP contribution >= 0.6 is 0 Å². The second-order valence-electron chi connectivity index (χ2n) is 11.3. The minimum absolute atomic E-state index is 0.0535. The number of cyclic esters (lactones) is 1. The van der Waals surface area contributed by atoms with Gasteiger partial charge in [0.1, 0.15) is 11.4 Å². The smallest absolute Gasteiger partial charge is 0.411 e. The van der Waals surface area contributed by atoms with Gasteiger partial charge in [-0.25, -0.2) is 17.6 Å². The van der Waals surface area contributed by atoms with Crippen LogP contribution in [0.1, 0.15) is 57.7 Å². The van der Waals surface area contributed by atoms with E-state index in [0.717, 1.165) is 17.4 Å². The summed E-state index contributed by atoms with van der Waals surface area (Å²) in [4.78, 5) is 15.0. The fourth-order valence-electron chi connectivity index (χ4n) is 4.21. The SMILES string of the molecule is CC(c1ccc(NS(C)(=O)=O)cc1)N1CCC(CCO[Si](C)(C)C(C)(C)C)(c2ccc(F)cc2)OC1=O. The summed E-state index contributed by atoms with van der Waals surface area (Å²) in [5.41, 5.74) is 1.15. The molecule has 0 saturated carbocycles. The lowest BCUT2D eigenvalue weighted by molar-refractivity contribution is -0.0711. The number of amides is 1. The molecule has 1 amide bonds. The topological polar surface area (TPSA) is 84.9 Å². The van der Waals surface area contributed by atoms with Crippen molar-refractivity contribution in [1.29, 1.82) is 0 Å². The molecule has 0 radical (unpaired) electrons. The van der Waals surface area contributed by atoms with Crippen molar-refractivity contribution in [3.63, 3.8) is 0 Å². The standard InChI is InChI=1S/C27H39FN2O5SSi/c1-20(21-8-14-24(15-9-21)29-36(5,32)33)30-18-16-27(35-25(30)31,22-10-12-23(28)13-11-22)17-19-34-37(6,7)26(2,3)4/h8-15,20,29H,16-19H2,1-7H3. The molecule has 7 nitrogen and oxygen atoms in total. The van der Waals surface area contributed by atoms with E-state index in [-0.39, 0.29) is 16.9 Å². The lowest BCUT2D eigenvalue weighted by atomic mass is 9.85. The van der Waals surface area contributed by atoms with Gasteiger partial charge in [-0.2, -0.15) is 0 Å². The molecule has 1 saturated heterocycles. The van der Waals surface area contributed by atoms with Crippen LogP contribution in [-0.2, 0) is 24.8 Å². The van der Waals surface area contributed by atoms with E-state index < -0.39 is 30.0 Å². The highest BCUT2D eigenvalue weighted by Crippen LogP contribution is 2.41. The van der Waals surface area contributed by atoms with E-state index in [2.05, 4.69) is 38.6 Å². The molecule has 37 heavy (non-hydrogen) atoms. The number of carbonyl (C=O) groups excluding carboxylic acids is 1. The van der Waals surface area contributed by atoms with Crippen molar-refractivity contribution in [2.45, 2.75) is 70.3 Å². The Balaban J connectivity index is 1.78. The predicted molar refractivity (Wildman–Crippen MR) is 147 cm³/mol. The van der Waals surface area contributed by atoms with Gasteiger partial charge in [0.25, 0.3) is 0 Å². The minimum Gasteiger partial charge on any atom is -0.438 e. The van der Waals surface area contributed by atoms with Crippen molar-refractivity contribution in [2.75, 3.05) is 24.1 Å². The van der Waals surface area contributed by atoms with Crippen molar-refractivity contribution < 1.29 is 26.8 Å². The zero-order valence-corrected chi connectivity index (χ0v) is 24.6. The molecule has 0 aliphatic carbocycles. The number of hydrogen-bond donors (Lipinski definition) is 1. The Kier molecular flexibility index (Phi) is 8.46. The van der Waals surface area contributed by atoms with E-state index in [1.165, 1.54) is 12.1 Å². The van der Waals surface area contributed by atoms with E-state index >= 15 is 0 Å². The first-order valence-electron chi connectivity index (χ1n) is 12.5. The van der Waals surface area contributed by atoms with Crippen molar-refractivity contribution in [2.24, 2.45) is 0 Å². The summed E-state index contributed by atoms with van der Waals surface area (Å²) in [6, 6.07) is 12.8. The third-order valence-corrected chi connectivity index (χ3v) is 12.7. The lowest BCUT2D eigenvalue weighted by Gasteiger charge is -2.44. The number of anilines is 1. The number of benzene rings is 2. The minimum atomic E-state index is -3.37. The van der Waals surface area contributed by atoms with Crippen molar-refractivity contribution in [1.82, 2.24) is 4.90 Å². The summed E-state index contributed by atoms with van der Waals surface area (Å²) in [7, 11) is -5.37. The molecule has 0 aromatic heterocycles. The van der Waals surface area contributed by atoms with Crippen LogP contribution in [0.25, 0.3) is 0 Å². The van der Waals surface area contributed by atoms with Crippen LogP contribution in [0.15, 0.2) is 48.5 Å². The first kappa shape index (κ1) is 29.1. The highest BCUT2D eigenvalue weighted by molar-refractivity contribution is 7.92. The molecule has 2 aromatic carbocycles. The largest absolute Gasteiger partial charge is 0.438 e. The number of nitrogens with one attached hydrogen (secondary N) is 1. The van der Waals surface area contributed by atoms with E-state index in [9.17, 15) is 17.6 Å². The number of carbonyl (C=O) groups is 1. The Hall–Kier alpha value is -2.43. The van der Waals surface area contributed by atoms with Gasteiger partial charge in [0.15, 0.2) is 8.32 Å². The first-order chi connectivity index (χ1) is 17.0. The van der Waals surface area contributed by atoms with Crippen molar-refractivity contribution in [3.05, 3.63) is 65.5 Å². The van der Waals surface area contributed by atoms with Crippen LogP contribution < -0.4 is 4.72 Å². The molecule has 0 spiro atoms. The van der Waals surface area contributed by atoms with Crippen LogP contribution in [0.4, 0.5) is 14.9 Å². The quantitative estimate of drug-likeness (QED) is 0.365. The van der Waals surface area contributed by atoms with Gasteiger partial charge in [0, 0.05) is 31.7 Å².